The Bertz CT molecular complexity index is 1160. The van der Waals surface area contributed by atoms with Crippen molar-refractivity contribution in [2.24, 2.45) is 0 Å². The van der Waals surface area contributed by atoms with Crippen LogP contribution in [0.1, 0.15) is 27.8 Å². The molecular weight excluding hydrogens is 380 g/mol. The van der Waals surface area contributed by atoms with E-state index in [4.69, 9.17) is 18.6 Å². The summed E-state index contributed by atoms with van der Waals surface area (Å²) in [6.45, 7) is 0.367. The summed E-state index contributed by atoms with van der Waals surface area (Å²) in [5, 5.41) is 0.988. The van der Waals surface area contributed by atoms with Gasteiger partial charge in [0.05, 0.1) is 12.7 Å². The van der Waals surface area contributed by atoms with Gasteiger partial charge in [-0.1, -0.05) is 48.5 Å². The number of ketones is 1. The van der Waals surface area contributed by atoms with Crippen molar-refractivity contribution in [2.45, 2.75) is 18.8 Å². The van der Waals surface area contributed by atoms with Crippen LogP contribution in [0.25, 0.3) is 11.0 Å². The van der Waals surface area contributed by atoms with Crippen LogP contribution in [-0.2, 0) is 11.3 Å². The number of hydrogen-bond acceptors (Lipinski definition) is 5. The summed E-state index contributed by atoms with van der Waals surface area (Å²) in [6, 6.07) is 24.7. The van der Waals surface area contributed by atoms with Crippen molar-refractivity contribution >= 4 is 16.8 Å². The predicted octanol–water partition coefficient (Wildman–Crippen LogP) is 5.34. The van der Waals surface area contributed by atoms with E-state index in [0.717, 1.165) is 16.5 Å². The van der Waals surface area contributed by atoms with Gasteiger partial charge in [0.1, 0.15) is 35.6 Å². The normalized spacial score (nSPS) is 17.6. The summed E-state index contributed by atoms with van der Waals surface area (Å²) in [6.07, 6.45) is -0.991. The van der Waals surface area contributed by atoms with Crippen molar-refractivity contribution in [1.82, 2.24) is 0 Å². The molecule has 4 aromatic rings. The Hall–Kier alpha value is -3.57. The monoisotopic (exact) mass is 400 g/mol. The number of furan rings is 1. The summed E-state index contributed by atoms with van der Waals surface area (Å²) in [4.78, 5) is 13.2. The zero-order valence-electron chi connectivity index (χ0n) is 16.4. The number of carbonyl (C=O) groups is 1. The Labute approximate surface area is 173 Å². The van der Waals surface area contributed by atoms with Gasteiger partial charge < -0.3 is 18.6 Å². The average molecular weight is 400 g/mol. The van der Waals surface area contributed by atoms with E-state index >= 15 is 0 Å². The molecule has 2 atom stereocenters. The van der Waals surface area contributed by atoms with Crippen molar-refractivity contribution in [3.8, 4) is 11.5 Å². The molecule has 150 valence electrons. The lowest BCUT2D eigenvalue weighted by Gasteiger charge is -2.12. The SMILES string of the molecule is COc1ccc(OCc2ccccc2)c(C(=O)[C@@H]2O[C@@H]2c2cc3ccccc3o2)c1. The van der Waals surface area contributed by atoms with E-state index in [9.17, 15) is 4.79 Å². The molecule has 0 amide bonds. The number of Topliss-reactive ketones (excluding diaryl/α,β-unsaturated/α-hetero) is 1. The molecule has 5 nitrogen and oxygen atoms in total. The van der Waals surface area contributed by atoms with Gasteiger partial charge >= 0.3 is 0 Å². The van der Waals surface area contributed by atoms with Gasteiger partial charge in [0.2, 0.25) is 0 Å². The highest BCUT2D eigenvalue weighted by Gasteiger charge is 2.49. The third kappa shape index (κ3) is 3.55. The van der Waals surface area contributed by atoms with Crippen LogP contribution in [0, 0.1) is 0 Å². The van der Waals surface area contributed by atoms with E-state index in [1.54, 1.807) is 25.3 Å². The molecule has 0 spiro atoms. The van der Waals surface area contributed by atoms with Crippen LogP contribution in [0.2, 0.25) is 0 Å². The fourth-order valence-electron chi connectivity index (χ4n) is 3.51. The third-order valence-electron chi connectivity index (χ3n) is 5.16. The third-order valence-corrected chi connectivity index (χ3v) is 5.16. The quantitative estimate of drug-likeness (QED) is 0.309. The summed E-state index contributed by atoms with van der Waals surface area (Å²) in [5.74, 6) is 1.60. The maximum absolute atomic E-state index is 13.2. The predicted molar refractivity (Wildman–Crippen MR) is 112 cm³/mol. The van der Waals surface area contributed by atoms with Crippen molar-refractivity contribution in [3.63, 3.8) is 0 Å². The zero-order chi connectivity index (χ0) is 20.5. The lowest BCUT2D eigenvalue weighted by Crippen LogP contribution is -2.11. The van der Waals surface area contributed by atoms with Gasteiger partial charge in [-0.3, -0.25) is 4.79 Å². The molecule has 0 saturated carbocycles. The van der Waals surface area contributed by atoms with Crippen molar-refractivity contribution in [3.05, 3.63) is 95.7 Å². The molecule has 2 heterocycles. The second kappa shape index (κ2) is 7.69. The molecule has 1 aliphatic rings. The van der Waals surface area contributed by atoms with Crippen LogP contribution in [0.3, 0.4) is 0 Å². The molecule has 0 N–H and O–H groups in total. The Kier molecular flexibility index (Phi) is 4.73. The van der Waals surface area contributed by atoms with Crippen LogP contribution >= 0.6 is 0 Å². The molecule has 5 heteroatoms. The first-order valence-electron chi connectivity index (χ1n) is 9.76. The zero-order valence-corrected chi connectivity index (χ0v) is 16.4. The lowest BCUT2D eigenvalue weighted by atomic mass is 10.0. The summed E-state index contributed by atoms with van der Waals surface area (Å²) in [7, 11) is 1.57. The molecule has 1 saturated heterocycles. The number of methoxy groups -OCH3 is 1. The Balaban J connectivity index is 1.37. The molecule has 1 aliphatic heterocycles. The molecule has 0 aliphatic carbocycles. The number of epoxide rings is 1. The van der Waals surface area contributed by atoms with Crippen molar-refractivity contribution in [2.75, 3.05) is 7.11 Å². The molecule has 3 aromatic carbocycles. The Morgan fingerprint density at radius 3 is 2.57 bits per heavy atom. The summed E-state index contributed by atoms with van der Waals surface area (Å²) < 4.78 is 22.8. The average Bonchev–Trinajstić information content (AvgIpc) is 3.48. The van der Waals surface area contributed by atoms with E-state index in [0.29, 0.717) is 29.4 Å². The first kappa shape index (κ1) is 18.5. The largest absolute Gasteiger partial charge is 0.497 e. The summed E-state index contributed by atoms with van der Waals surface area (Å²) >= 11 is 0. The molecule has 30 heavy (non-hydrogen) atoms. The fourth-order valence-corrected chi connectivity index (χ4v) is 3.51. The maximum Gasteiger partial charge on any atom is 0.198 e. The number of para-hydroxylation sites is 1. The van der Waals surface area contributed by atoms with E-state index in [1.807, 2.05) is 60.7 Å². The second-order valence-electron chi connectivity index (χ2n) is 7.16. The van der Waals surface area contributed by atoms with Gasteiger partial charge in [-0.15, -0.1) is 0 Å². The molecule has 0 bridgehead atoms. The molecular formula is C25H20O5. The number of ether oxygens (including phenoxy) is 3. The molecule has 0 unspecified atom stereocenters. The van der Waals surface area contributed by atoms with Crippen LogP contribution in [0.4, 0.5) is 0 Å². The lowest BCUT2D eigenvalue weighted by molar-refractivity contribution is 0.0949. The Morgan fingerprint density at radius 1 is 0.967 bits per heavy atom. The second-order valence-corrected chi connectivity index (χ2v) is 7.16. The van der Waals surface area contributed by atoms with Crippen LogP contribution in [0.15, 0.2) is 83.3 Å². The molecule has 5 rings (SSSR count). The maximum atomic E-state index is 13.2. The number of hydrogen-bond donors (Lipinski definition) is 0. The van der Waals surface area contributed by atoms with E-state index in [2.05, 4.69) is 0 Å². The molecule has 1 fully saturated rings. The van der Waals surface area contributed by atoms with Crippen molar-refractivity contribution in [1.29, 1.82) is 0 Å². The number of carbonyl (C=O) groups excluding carboxylic acids is 1. The minimum atomic E-state index is -0.600. The minimum absolute atomic E-state index is 0.151. The number of fused-ring (bicyclic) bond motifs is 1. The topological polar surface area (TPSA) is 61.2 Å². The van der Waals surface area contributed by atoms with Crippen LogP contribution in [-0.4, -0.2) is 19.0 Å². The number of benzene rings is 3. The first-order chi connectivity index (χ1) is 14.7. The smallest absolute Gasteiger partial charge is 0.198 e. The van der Waals surface area contributed by atoms with Gasteiger partial charge in [-0.05, 0) is 35.9 Å². The Morgan fingerprint density at radius 2 is 1.77 bits per heavy atom. The van der Waals surface area contributed by atoms with Gasteiger partial charge in [0.15, 0.2) is 11.9 Å². The standard InChI is InChI=1S/C25H20O5/c1-27-18-11-12-21(28-15-16-7-3-2-4-8-16)19(14-18)23(26)25-24(30-25)22-13-17-9-5-6-10-20(17)29-22/h2-14,24-25H,15H2,1H3/t24-,25+/m1/s1. The number of rotatable bonds is 7. The molecule has 1 aromatic heterocycles. The highest BCUT2D eigenvalue weighted by molar-refractivity contribution is 6.04. The van der Waals surface area contributed by atoms with E-state index in [-0.39, 0.29) is 5.78 Å². The van der Waals surface area contributed by atoms with Gasteiger partial charge in [-0.25, -0.2) is 0 Å². The van der Waals surface area contributed by atoms with E-state index in [1.165, 1.54) is 0 Å². The molecule has 0 radical (unpaired) electrons. The van der Waals surface area contributed by atoms with Crippen LogP contribution in [0.5, 0.6) is 11.5 Å². The van der Waals surface area contributed by atoms with Gasteiger partial charge in [-0.2, -0.15) is 0 Å². The van der Waals surface area contributed by atoms with Crippen molar-refractivity contribution < 1.29 is 23.4 Å². The minimum Gasteiger partial charge on any atom is -0.497 e. The van der Waals surface area contributed by atoms with Gasteiger partial charge in [0.25, 0.3) is 0 Å². The van der Waals surface area contributed by atoms with Crippen LogP contribution < -0.4 is 9.47 Å². The summed E-state index contributed by atoms with van der Waals surface area (Å²) in [5.41, 5.74) is 2.24. The van der Waals surface area contributed by atoms with E-state index < -0.39 is 12.2 Å². The van der Waals surface area contributed by atoms with Gasteiger partial charge in [0, 0.05) is 5.39 Å². The first-order valence-corrected chi connectivity index (χ1v) is 9.76. The fraction of sp³-hybridized carbons (Fsp3) is 0.160. The highest BCUT2D eigenvalue weighted by atomic mass is 16.6. The highest BCUT2D eigenvalue weighted by Crippen LogP contribution is 2.44.